The van der Waals surface area contributed by atoms with Gasteiger partial charge in [0.1, 0.15) is 5.01 Å². The molecule has 6 heteroatoms. The number of aromatic nitrogens is 2. The van der Waals surface area contributed by atoms with Gasteiger partial charge in [-0.2, -0.15) is 0 Å². The molecule has 1 aromatic carbocycles. The molecule has 21 heavy (non-hydrogen) atoms. The van der Waals surface area contributed by atoms with E-state index >= 15 is 0 Å². The van der Waals surface area contributed by atoms with Crippen molar-refractivity contribution >= 4 is 34.7 Å². The van der Waals surface area contributed by atoms with E-state index in [0.717, 1.165) is 21.5 Å². The van der Waals surface area contributed by atoms with Crippen molar-refractivity contribution < 1.29 is 4.79 Å². The highest BCUT2D eigenvalue weighted by atomic mass is 32.2. The lowest BCUT2D eigenvalue weighted by Crippen LogP contribution is -2.13. The Labute approximate surface area is 133 Å². The van der Waals surface area contributed by atoms with Crippen LogP contribution in [0.4, 0.5) is 5.69 Å². The molecule has 0 radical (unpaired) electrons. The third kappa shape index (κ3) is 4.82. The summed E-state index contributed by atoms with van der Waals surface area (Å²) in [6, 6.07) is 8.06. The van der Waals surface area contributed by atoms with Crippen molar-refractivity contribution in [2.75, 3.05) is 11.1 Å². The molecular formula is C15H19N3OS2. The molecule has 1 aromatic heterocycles. The SMILES string of the molecule is CC[C@@H](C)c1ccc(NC(=O)CSc2nnc(C)s2)cc1. The minimum absolute atomic E-state index is 0.0239. The molecule has 1 heterocycles. The van der Waals surface area contributed by atoms with Gasteiger partial charge in [0, 0.05) is 5.69 Å². The van der Waals surface area contributed by atoms with Crippen molar-refractivity contribution in [1.82, 2.24) is 10.2 Å². The summed E-state index contributed by atoms with van der Waals surface area (Å²) in [6.07, 6.45) is 1.11. The van der Waals surface area contributed by atoms with E-state index in [4.69, 9.17) is 0 Å². The van der Waals surface area contributed by atoms with Crippen LogP contribution in [0.1, 0.15) is 36.8 Å². The maximum absolute atomic E-state index is 11.9. The first-order chi connectivity index (χ1) is 10.1. The molecule has 4 nitrogen and oxygen atoms in total. The second-order valence-electron chi connectivity index (χ2n) is 4.86. The van der Waals surface area contributed by atoms with Crippen LogP contribution < -0.4 is 5.32 Å². The van der Waals surface area contributed by atoms with E-state index in [1.165, 1.54) is 28.7 Å². The predicted octanol–water partition coefficient (Wildman–Crippen LogP) is 4.09. The lowest BCUT2D eigenvalue weighted by Gasteiger charge is -2.10. The van der Waals surface area contributed by atoms with E-state index in [1.54, 1.807) is 0 Å². The van der Waals surface area contributed by atoms with Gasteiger partial charge >= 0.3 is 0 Å². The molecule has 2 rings (SSSR count). The Morgan fingerprint density at radius 2 is 2.05 bits per heavy atom. The molecule has 0 fully saturated rings. The molecule has 1 atom stereocenters. The van der Waals surface area contributed by atoms with Gasteiger partial charge in [-0.05, 0) is 37.0 Å². The number of nitrogens with one attached hydrogen (secondary N) is 1. The largest absolute Gasteiger partial charge is 0.325 e. The van der Waals surface area contributed by atoms with E-state index in [2.05, 4.69) is 41.5 Å². The zero-order chi connectivity index (χ0) is 15.2. The summed E-state index contributed by atoms with van der Waals surface area (Å²) < 4.78 is 0.828. The van der Waals surface area contributed by atoms with E-state index < -0.39 is 0 Å². The number of carbonyl (C=O) groups excluding carboxylic acids is 1. The first-order valence-electron chi connectivity index (χ1n) is 6.91. The van der Waals surface area contributed by atoms with E-state index in [9.17, 15) is 4.79 Å². The lowest BCUT2D eigenvalue weighted by atomic mass is 9.99. The van der Waals surface area contributed by atoms with Crippen molar-refractivity contribution in [3.63, 3.8) is 0 Å². The Bertz CT molecular complexity index is 595. The fraction of sp³-hybridized carbons (Fsp3) is 0.400. The predicted molar refractivity (Wildman–Crippen MR) is 89.1 cm³/mol. The fourth-order valence-electron chi connectivity index (χ4n) is 1.79. The normalized spacial score (nSPS) is 12.1. The van der Waals surface area contributed by atoms with Gasteiger partial charge < -0.3 is 5.32 Å². The van der Waals surface area contributed by atoms with Crippen LogP contribution in [0.15, 0.2) is 28.6 Å². The molecule has 0 unspecified atom stereocenters. The molecule has 112 valence electrons. The van der Waals surface area contributed by atoms with Crippen LogP contribution >= 0.6 is 23.1 Å². The standard InChI is InChI=1S/C15H19N3OS2/c1-4-10(2)12-5-7-13(8-6-12)16-14(19)9-20-15-18-17-11(3)21-15/h5-8,10H,4,9H2,1-3H3,(H,16,19)/t10-/m1/s1. The highest BCUT2D eigenvalue weighted by Crippen LogP contribution is 2.23. The summed E-state index contributed by atoms with van der Waals surface area (Å²) >= 11 is 2.92. The summed E-state index contributed by atoms with van der Waals surface area (Å²) in [5.74, 6) is 0.872. The first kappa shape index (κ1) is 16.0. The van der Waals surface area contributed by atoms with Crippen molar-refractivity contribution in [2.24, 2.45) is 0 Å². The smallest absolute Gasteiger partial charge is 0.234 e. The second kappa shape index (κ2) is 7.56. The van der Waals surface area contributed by atoms with Crippen LogP contribution in [-0.2, 0) is 4.79 Å². The second-order valence-corrected chi connectivity index (χ2v) is 7.26. The maximum atomic E-state index is 11.9. The zero-order valence-electron chi connectivity index (χ0n) is 12.4. The Kier molecular flexibility index (Phi) is 5.76. The summed E-state index contributed by atoms with van der Waals surface area (Å²) in [4.78, 5) is 11.9. The number of aryl methyl sites for hydroxylation is 1. The number of rotatable bonds is 6. The first-order valence-corrected chi connectivity index (χ1v) is 8.71. The molecule has 0 saturated carbocycles. The van der Waals surface area contributed by atoms with E-state index in [0.29, 0.717) is 11.7 Å². The van der Waals surface area contributed by atoms with Crippen LogP contribution in [0, 0.1) is 6.92 Å². The van der Waals surface area contributed by atoms with Crippen LogP contribution in [0.2, 0.25) is 0 Å². The van der Waals surface area contributed by atoms with Gasteiger partial charge in [-0.3, -0.25) is 4.79 Å². The van der Waals surface area contributed by atoms with Gasteiger partial charge in [0.05, 0.1) is 5.75 Å². The minimum Gasteiger partial charge on any atom is -0.325 e. The third-order valence-electron chi connectivity index (χ3n) is 3.21. The highest BCUT2D eigenvalue weighted by molar-refractivity contribution is 8.01. The summed E-state index contributed by atoms with van der Waals surface area (Å²) in [5, 5.41) is 11.7. The van der Waals surface area contributed by atoms with Crippen molar-refractivity contribution in [3.8, 4) is 0 Å². The van der Waals surface area contributed by atoms with Gasteiger partial charge in [-0.25, -0.2) is 0 Å². The molecule has 0 spiro atoms. The number of hydrogen-bond donors (Lipinski definition) is 1. The van der Waals surface area contributed by atoms with Gasteiger partial charge in [0.2, 0.25) is 5.91 Å². The number of thioether (sulfide) groups is 1. The van der Waals surface area contributed by atoms with Crippen LogP contribution in [-0.4, -0.2) is 21.9 Å². The Morgan fingerprint density at radius 3 is 2.62 bits per heavy atom. The average molecular weight is 321 g/mol. The fourth-order valence-corrected chi connectivity index (χ4v) is 3.41. The summed E-state index contributed by atoms with van der Waals surface area (Å²) in [6.45, 7) is 6.28. The van der Waals surface area contributed by atoms with Crippen molar-refractivity contribution in [3.05, 3.63) is 34.8 Å². The molecule has 1 amide bonds. The number of nitrogens with zero attached hydrogens (tertiary/aromatic N) is 2. The molecule has 0 saturated heterocycles. The molecule has 0 aliphatic rings. The monoisotopic (exact) mass is 321 g/mol. The van der Waals surface area contributed by atoms with Crippen molar-refractivity contribution in [2.45, 2.75) is 37.4 Å². The Hall–Kier alpha value is -1.40. The molecule has 2 aromatic rings. The summed E-state index contributed by atoms with van der Waals surface area (Å²) in [7, 11) is 0. The number of carbonyl (C=O) groups is 1. The average Bonchev–Trinajstić information content (AvgIpc) is 2.91. The number of hydrogen-bond acceptors (Lipinski definition) is 5. The van der Waals surface area contributed by atoms with Gasteiger partial charge in [0.25, 0.3) is 0 Å². The topological polar surface area (TPSA) is 54.9 Å². The van der Waals surface area contributed by atoms with Gasteiger partial charge in [-0.1, -0.05) is 49.1 Å². The van der Waals surface area contributed by atoms with Gasteiger partial charge in [-0.15, -0.1) is 10.2 Å². The van der Waals surface area contributed by atoms with Crippen LogP contribution in [0.5, 0.6) is 0 Å². The van der Waals surface area contributed by atoms with Crippen LogP contribution in [0.3, 0.4) is 0 Å². The number of benzene rings is 1. The van der Waals surface area contributed by atoms with Gasteiger partial charge in [0.15, 0.2) is 4.34 Å². The van der Waals surface area contributed by atoms with Crippen molar-refractivity contribution in [1.29, 1.82) is 0 Å². The lowest BCUT2D eigenvalue weighted by molar-refractivity contribution is -0.113. The quantitative estimate of drug-likeness (QED) is 0.814. The molecule has 0 aliphatic heterocycles. The Balaban J connectivity index is 1.84. The highest BCUT2D eigenvalue weighted by Gasteiger charge is 2.08. The molecule has 0 bridgehead atoms. The number of anilines is 1. The zero-order valence-corrected chi connectivity index (χ0v) is 14.1. The number of amides is 1. The molecular weight excluding hydrogens is 302 g/mol. The third-order valence-corrected chi connectivity index (χ3v) is 5.18. The molecule has 1 N–H and O–H groups in total. The molecule has 0 aliphatic carbocycles. The Morgan fingerprint density at radius 1 is 1.33 bits per heavy atom. The minimum atomic E-state index is -0.0239. The summed E-state index contributed by atoms with van der Waals surface area (Å²) in [5.41, 5.74) is 2.13. The maximum Gasteiger partial charge on any atom is 0.234 e. The van der Waals surface area contributed by atoms with E-state index in [-0.39, 0.29) is 5.91 Å². The van der Waals surface area contributed by atoms with E-state index in [1.807, 2.05) is 19.1 Å². The van der Waals surface area contributed by atoms with Crippen LogP contribution in [0.25, 0.3) is 0 Å².